The first-order valence-corrected chi connectivity index (χ1v) is 13.1. The molecule has 0 bridgehead atoms. The van der Waals surface area contributed by atoms with Gasteiger partial charge in [-0.25, -0.2) is 18.6 Å². The van der Waals surface area contributed by atoms with Crippen LogP contribution in [0.5, 0.6) is 0 Å². The second kappa shape index (κ2) is 10.3. The second-order valence-electron chi connectivity index (χ2n) is 8.78. The molecule has 0 atom stereocenters. The van der Waals surface area contributed by atoms with Crippen LogP contribution in [0.15, 0.2) is 114 Å². The molecule has 8 heteroatoms. The highest BCUT2D eigenvalue weighted by Crippen LogP contribution is 2.40. The zero-order chi connectivity index (χ0) is 26.9. The number of halogens is 1. The minimum absolute atomic E-state index is 0.953. The minimum atomic E-state index is -4.94. The standard InChI is InChI=1S/C30H24N3.ClHO4/c1-21-25-17-9-11-19-32(25)29(27(21)23-13-5-3-6-14-23)31-30-28(24-15-7-4-8-16-24)22(2)26-18-10-12-20-33(26)30;2-1(3,4)5/h3-20H,1-2H3;(H,2,3,4,5)/q+1;/p-1. The van der Waals surface area contributed by atoms with Crippen molar-refractivity contribution in [1.82, 2.24) is 4.40 Å². The van der Waals surface area contributed by atoms with Crippen LogP contribution >= 0.6 is 0 Å². The van der Waals surface area contributed by atoms with E-state index in [0.717, 1.165) is 11.7 Å². The Balaban J connectivity index is 0.000000540. The fourth-order valence-electron chi connectivity index (χ4n) is 4.92. The number of aryl methyl sites for hydroxylation is 1. The molecule has 5 aromatic rings. The summed E-state index contributed by atoms with van der Waals surface area (Å²) >= 11 is 0. The minimum Gasteiger partial charge on any atom is -0.280 e. The van der Waals surface area contributed by atoms with Crippen LogP contribution < -0.4 is 23.2 Å². The van der Waals surface area contributed by atoms with Crippen LogP contribution in [0.4, 0.5) is 5.82 Å². The van der Waals surface area contributed by atoms with E-state index in [4.69, 9.17) is 23.6 Å². The van der Waals surface area contributed by atoms with Gasteiger partial charge in [-0.05, 0) is 59.8 Å². The lowest BCUT2D eigenvalue weighted by Crippen LogP contribution is -2.68. The van der Waals surface area contributed by atoms with Crippen molar-refractivity contribution in [1.29, 1.82) is 0 Å². The van der Waals surface area contributed by atoms with Crippen molar-refractivity contribution in [2.75, 3.05) is 0 Å². The quantitative estimate of drug-likeness (QED) is 0.335. The fraction of sp³-hybridized carbons (Fsp3) is 0.0667. The number of allylic oxidation sites excluding steroid dienone is 2. The van der Waals surface area contributed by atoms with Gasteiger partial charge in [-0.2, -0.15) is 4.57 Å². The normalized spacial score (nSPS) is 14.0. The number of hydrogen-bond acceptors (Lipinski definition) is 5. The van der Waals surface area contributed by atoms with Crippen molar-refractivity contribution in [2.24, 2.45) is 4.99 Å². The molecule has 0 saturated heterocycles. The maximum atomic E-state index is 8.49. The lowest BCUT2D eigenvalue weighted by molar-refractivity contribution is -2.00. The highest BCUT2D eigenvalue weighted by molar-refractivity contribution is 6.28. The first kappa shape index (κ1) is 25.5. The molecule has 190 valence electrons. The Labute approximate surface area is 222 Å². The predicted molar refractivity (Wildman–Crippen MR) is 136 cm³/mol. The molecule has 38 heavy (non-hydrogen) atoms. The summed E-state index contributed by atoms with van der Waals surface area (Å²) in [6.07, 6.45) is 4.22. The summed E-state index contributed by atoms with van der Waals surface area (Å²) in [5.41, 5.74) is 9.52. The monoisotopic (exact) mass is 525 g/mol. The number of hydrogen-bond donors (Lipinski definition) is 0. The second-order valence-corrected chi connectivity index (χ2v) is 9.54. The van der Waals surface area contributed by atoms with Gasteiger partial charge >= 0.3 is 5.84 Å². The Hall–Kier alpha value is -4.11. The van der Waals surface area contributed by atoms with Crippen molar-refractivity contribution in [3.05, 3.63) is 126 Å². The van der Waals surface area contributed by atoms with Crippen molar-refractivity contribution in [3.63, 3.8) is 0 Å². The molecule has 0 amide bonds. The van der Waals surface area contributed by atoms with E-state index >= 15 is 0 Å². The number of aromatic nitrogens is 2. The van der Waals surface area contributed by atoms with Gasteiger partial charge in [0, 0.05) is 11.8 Å². The van der Waals surface area contributed by atoms with Crippen LogP contribution in [0.3, 0.4) is 0 Å². The summed E-state index contributed by atoms with van der Waals surface area (Å²) in [6.45, 7) is 4.38. The van der Waals surface area contributed by atoms with E-state index in [2.05, 4.69) is 132 Å². The number of nitrogens with zero attached hydrogens (tertiary/aromatic N) is 3. The molecular formula is C30H24ClN3O4. The van der Waals surface area contributed by atoms with E-state index in [0.29, 0.717) is 0 Å². The lowest BCUT2D eigenvalue weighted by atomic mass is 10.0. The summed E-state index contributed by atoms with van der Waals surface area (Å²) in [5.74, 6) is 1.91. The number of aliphatic imine (C=N–C) groups is 1. The first-order valence-electron chi connectivity index (χ1n) is 11.9. The van der Waals surface area contributed by atoms with Crippen LogP contribution in [-0.2, 0) is 0 Å². The number of fused-ring (bicyclic) bond motifs is 2. The van der Waals surface area contributed by atoms with Gasteiger partial charge in [-0.15, -0.1) is 10.2 Å². The van der Waals surface area contributed by atoms with Gasteiger partial charge in [0.25, 0.3) is 5.82 Å². The largest absolute Gasteiger partial charge is 0.339 e. The maximum absolute atomic E-state index is 8.49. The Morgan fingerprint density at radius 3 is 1.95 bits per heavy atom. The van der Waals surface area contributed by atoms with E-state index in [1.54, 1.807) is 0 Å². The highest BCUT2D eigenvalue weighted by atomic mass is 35.7. The SMILES string of the molecule is CC1=C(c2ccccc2)C(=Nc2c(-c3ccccc3)c(C)c3ccccn23)[n+]2ccccc21.[O-][Cl+3]([O-])([O-])[O-]. The summed E-state index contributed by atoms with van der Waals surface area (Å²) in [5, 5.41) is 0. The van der Waals surface area contributed by atoms with E-state index in [1.165, 1.54) is 44.6 Å². The molecule has 0 N–H and O–H groups in total. The molecule has 3 aromatic heterocycles. The topological polar surface area (TPSA) is 113 Å². The number of benzene rings is 2. The molecule has 0 spiro atoms. The van der Waals surface area contributed by atoms with Gasteiger partial charge in [0.2, 0.25) is 0 Å². The average Bonchev–Trinajstić information content (AvgIpc) is 3.35. The van der Waals surface area contributed by atoms with Crippen molar-refractivity contribution < 1.29 is 33.4 Å². The Morgan fingerprint density at radius 1 is 0.711 bits per heavy atom. The molecule has 6 rings (SSSR count). The van der Waals surface area contributed by atoms with Gasteiger partial charge in [0.1, 0.15) is 5.69 Å². The average molecular weight is 526 g/mol. The van der Waals surface area contributed by atoms with Crippen LogP contribution in [0.2, 0.25) is 0 Å². The fourth-order valence-corrected chi connectivity index (χ4v) is 4.92. The molecule has 7 nitrogen and oxygen atoms in total. The molecule has 4 heterocycles. The Morgan fingerprint density at radius 2 is 1.29 bits per heavy atom. The van der Waals surface area contributed by atoms with E-state index in [1.807, 2.05) is 0 Å². The highest BCUT2D eigenvalue weighted by Gasteiger charge is 2.35. The van der Waals surface area contributed by atoms with E-state index in [-0.39, 0.29) is 0 Å². The summed E-state index contributed by atoms with van der Waals surface area (Å²) in [4.78, 5) is 5.42. The van der Waals surface area contributed by atoms with Gasteiger partial charge in [-0.1, -0.05) is 72.8 Å². The smallest absolute Gasteiger partial charge is 0.280 e. The molecule has 0 radical (unpaired) electrons. The summed E-state index contributed by atoms with van der Waals surface area (Å²) in [6, 6.07) is 33.8. The van der Waals surface area contributed by atoms with Gasteiger partial charge in [-0.3, -0.25) is 4.40 Å². The van der Waals surface area contributed by atoms with Gasteiger partial charge in [0.05, 0.1) is 22.9 Å². The number of rotatable bonds is 3. The molecule has 1 aliphatic rings. The van der Waals surface area contributed by atoms with Crippen LogP contribution in [0, 0.1) is 17.2 Å². The third kappa shape index (κ3) is 5.02. The Kier molecular flexibility index (Phi) is 6.94. The predicted octanol–water partition coefficient (Wildman–Crippen LogP) is 1.97. The van der Waals surface area contributed by atoms with E-state index in [9.17, 15) is 0 Å². The van der Waals surface area contributed by atoms with Crippen molar-refractivity contribution in [3.8, 4) is 11.1 Å². The molecule has 1 aliphatic heterocycles. The van der Waals surface area contributed by atoms with Crippen LogP contribution in [0.1, 0.15) is 23.7 Å². The molecule has 0 fully saturated rings. The third-order valence-corrected chi connectivity index (χ3v) is 6.48. The number of pyridine rings is 2. The van der Waals surface area contributed by atoms with Crippen molar-refractivity contribution in [2.45, 2.75) is 13.8 Å². The van der Waals surface area contributed by atoms with Gasteiger partial charge < -0.3 is 0 Å². The van der Waals surface area contributed by atoms with E-state index < -0.39 is 10.2 Å². The maximum Gasteiger partial charge on any atom is 0.339 e. The first-order chi connectivity index (χ1) is 18.2. The van der Waals surface area contributed by atoms with Crippen LogP contribution in [0.25, 0.3) is 27.8 Å². The molecular weight excluding hydrogens is 502 g/mol. The summed E-state index contributed by atoms with van der Waals surface area (Å²) in [7, 11) is -4.94. The summed E-state index contributed by atoms with van der Waals surface area (Å²) < 4.78 is 38.4. The lowest BCUT2D eigenvalue weighted by Gasteiger charge is -2.17. The Bertz CT molecular complexity index is 1660. The third-order valence-electron chi connectivity index (χ3n) is 6.48. The molecule has 2 aromatic carbocycles. The molecule has 0 saturated carbocycles. The van der Waals surface area contributed by atoms with Crippen molar-refractivity contribution >= 4 is 28.3 Å². The van der Waals surface area contributed by atoms with Gasteiger partial charge in [0.15, 0.2) is 0 Å². The molecule has 0 aliphatic carbocycles. The zero-order valence-electron chi connectivity index (χ0n) is 20.7. The zero-order valence-corrected chi connectivity index (χ0v) is 21.5. The van der Waals surface area contributed by atoms with Crippen LogP contribution in [-0.4, -0.2) is 10.2 Å². The molecule has 0 unspecified atom stereocenters.